The Bertz CT molecular complexity index is 745. The van der Waals surface area contributed by atoms with Crippen LogP contribution in [0.3, 0.4) is 0 Å². The van der Waals surface area contributed by atoms with Gasteiger partial charge < -0.3 is 34.5 Å². The Balaban J connectivity index is 1.76. The number of ether oxygens (including phenoxy) is 2. The van der Waals surface area contributed by atoms with Gasteiger partial charge in [0.05, 0.1) is 6.61 Å². The van der Waals surface area contributed by atoms with Crippen molar-refractivity contribution in [3.05, 3.63) is 35.9 Å². The van der Waals surface area contributed by atoms with Crippen molar-refractivity contribution >= 4 is 21.3 Å². The molecule has 5 N–H and O–H groups in total. The Morgan fingerprint density at radius 3 is 2.52 bits per heavy atom. The third-order valence-electron chi connectivity index (χ3n) is 4.82. The normalized spacial score (nSPS) is 39.1. The lowest BCUT2D eigenvalue weighted by Gasteiger charge is -2.36. The first-order chi connectivity index (χ1) is 13.6. The van der Waals surface area contributed by atoms with Gasteiger partial charge in [-0.1, -0.05) is 30.3 Å². The highest BCUT2D eigenvalue weighted by molar-refractivity contribution is 7.97. The van der Waals surface area contributed by atoms with Gasteiger partial charge in [-0.05, 0) is 0 Å². The lowest BCUT2D eigenvalue weighted by molar-refractivity contribution is -0.245. The molecule has 2 aliphatic heterocycles. The summed E-state index contributed by atoms with van der Waals surface area (Å²) in [4.78, 5) is 0. The third kappa shape index (κ3) is 6.10. The molecule has 2 heterocycles. The third-order valence-corrected chi connectivity index (χ3v) is 7.74. The molecular formula is C17H25O10S2+. The molecule has 0 aliphatic carbocycles. The number of hydrogen-bond donors (Lipinski definition) is 3. The predicted molar refractivity (Wildman–Crippen MR) is 102 cm³/mol. The zero-order valence-corrected chi connectivity index (χ0v) is 17.0. The van der Waals surface area contributed by atoms with E-state index in [0.717, 1.165) is 0 Å². The van der Waals surface area contributed by atoms with Crippen LogP contribution in [0.25, 0.3) is 0 Å². The van der Waals surface area contributed by atoms with Crippen molar-refractivity contribution in [2.24, 2.45) is 0 Å². The molecule has 10 nitrogen and oxygen atoms in total. The standard InChI is InChI=1S/C17H24O10S2/c18-11-7-28(8-12(19)16(21)15(11)20)9-14-13(27-29(22,23)24)6-25-17(26-14)10-4-2-1-3-5-10/h1-5,11-21H,6-9H2/p+1/t11-,12-,13-,14+,15-,16-,17?/m1/s1. The summed E-state index contributed by atoms with van der Waals surface area (Å²) in [6.45, 7) is -0.193. The van der Waals surface area contributed by atoms with E-state index in [9.17, 15) is 28.3 Å². The van der Waals surface area contributed by atoms with Crippen LogP contribution in [-0.2, 0) is 35.0 Å². The topological polar surface area (TPSA) is 168 Å². The molecule has 0 bridgehead atoms. The molecule has 0 radical (unpaired) electrons. The second-order valence-corrected chi connectivity index (χ2v) is 10.3. The minimum atomic E-state index is -5.00. The minimum Gasteiger partial charge on any atom is -0.726 e. The van der Waals surface area contributed by atoms with E-state index in [2.05, 4.69) is 4.18 Å². The van der Waals surface area contributed by atoms with Gasteiger partial charge in [-0.3, -0.25) is 4.18 Å². The van der Waals surface area contributed by atoms with Crippen molar-refractivity contribution in [1.82, 2.24) is 0 Å². The van der Waals surface area contributed by atoms with Gasteiger partial charge in [-0.25, -0.2) is 8.42 Å². The fraction of sp³-hybridized carbons (Fsp3) is 0.647. The van der Waals surface area contributed by atoms with E-state index in [0.29, 0.717) is 5.56 Å². The SMILES string of the molecule is O=S(=O)([O-])O[C@@H]1COC(c2ccccc2)O[C@H]1C[S+]1C[C@@H](O)[C@@H](O)[C@H](O)[C@H]([OH2+])C1. The zero-order valence-electron chi connectivity index (χ0n) is 15.4. The maximum atomic E-state index is 11.1. The molecule has 0 spiro atoms. The molecule has 8 atom stereocenters. The molecule has 0 aromatic heterocycles. The largest absolute Gasteiger partial charge is 0.726 e. The van der Waals surface area contributed by atoms with E-state index >= 15 is 0 Å². The van der Waals surface area contributed by atoms with Gasteiger partial charge in [0.15, 0.2) is 18.1 Å². The maximum Gasteiger partial charge on any atom is 0.228 e. The summed E-state index contributed by atoms with van der Waals surface area (Å²) in [6, 6.07) is 8.95. The average Bonchev–Trinajstić information content (AvgIpc) is 2.75. The Morgan fingerprint density at radius 2 is 1.86 bits per heavy atom. The van der Waals surface area contributed by atoms with Crippen LogP contribution in [0.4, 0.5) is 0 Å². The van der Waals surface area contributed by atoms with Crippen molar-refractivity contribution in [3.63, 3.8) is 0 Å². The molecule has 3 rings (SSSR count). The first-order valence-corrected chi connectivity index (χ1v) is 12.1. The molecule has 29 heavy (non-hydrogen) atoms. The van der Waals surface area contributed by atoms with Gasteiger partial charge in [0.2, 0.25) is 16.5 Å². The summed E-state index contributed by atoms with van der Waals surface area (Å²) < 4.78 is 49.4. The van der Waals surface area contributed by atoms with Crippen LogP contribution in [0.1, 0.15) is 11.9 Å². The van der Waals surface area contributed by atoms with Gasteiger partial charge in [0.25, 0.3) is 0 Å². The molecule has 2 saturated heterocycles. The second kappa shape index (κ2) is 9.56. The molecule has 0 saturated carbocycles. The van der Waals surface area contributed by atoms with Crippen LogP contribution in [0.2, 0.25) is 0 Å². The highest BCUT2D eigenvalue weighted by atomic mass is 32.3. The number of benzene rings is 1. The van der Waals surface area contributed by atoms with Crippen LogP contribution in [0.15, 0.2) is 30.3 Å². The Kier molecular flexibility index (Phi) is 7.54. The average molecular weight is 454 g/mol. The molecule has 12 heteroatoms. The lowest BCUT2D eigenvalue weighted by Crippen LogP contribution is -2.48. The summed E-state index contributed by atoms with van der Waals surface area (Å²) >= 11 is 0. The van der Waals surface area contributed by atoms with Crippen LogP contribution < -0.4 is 0 Å². The summed E-state index contributed by atoms with van der Waals surface area (Å²) in [6.07, 6.45) is -7.88. The highest BCUT2D eigenvalue weighted by Gasteiger charge is 2.47. The van der Waals surface area contributed by atoms with Gasteiger partial charge >= 0.3 is 0 Å². The molecule has 1 aromatic carbocycles. The molecule has 1 aromatic rings. The van der Waals surface area contributed by atoms with Crippen molar-refractivity contribution in [3.8, 4) is 0 Å². The number of rotatable bonds is 5. The molecular weight excluding hydrogens is 428 g/mol. The van der Waals surface area contributed by atoms with E-state index in [1.54, 1.807) is 24.3 Å². The molecule has 2 unspecified atom stereocenters. The van der Waals surface area contributed by atoms with Gasteiger partial charge in [-0.15, -0.1) is 0 Å². The van der Waals surface area contributed by atoms with Crippen LogP contribution >= 0.6 is 0 Å². The molecule has 2 fully saturated rings. The number of hydrogen-bond acceptors (Lipinski definition) is 9. The summed E-state index contributed by atoms with van der Waals surface area (Å²) in [5, 5.41) is 37.9. The smallest absolute Gasteiger partial charge is 0.228 e. The van der Waals surface area contributed by atoms with Gasteiger partial charge in [0.1, 0.15) is 35.9 Å². The Hall–Kier alpha value is -0.800. The van der Waals surface area contributed by atoms with Crippen LogP contribution in [0, 0.1) is 0 Å². The van der Waals surface area contributed by atoms with Crippen molar-refractivity contribution in [2.45, 2.75) is 42.9 Å². The van der Waals surface area contributed by atoms with E-state index < -0.39 is 64.2 Å². The fourth-order valence-electron chi connectivity index (χ4n) is 3.34. The minimum absolute atomic E-state index is 0.112. The first kappa shape index (κ1) is 22.9. The zero-order chi connectivity index (χ0) is 21.2. The lowest BCUT2D eigenvalue weighted by atomic mass is 10.1. The Morgan fingerprint density at radius 1 is 1.17 bits per heavy atom. The molecule has 0 amide bonds. The van der Waals surface area contributed by atoms with Crippen LogP contribution in [0.5, 0.6) is 0 Å². The predicted octanol–water partition coefficient (Wildman–Crippen LogP) is -2.25. The van der Waals surface area contributed by atoms with Gasteiger partial charge in [0, 0.05) is 16.5 Å². The van der Waals surface area contributed by atoms with Crippen molar-refractivity contribution in [2.75, 3.05) is 23.9 Å². The van der Waals surface area contributed by atoms with E-state index in [-0.39, 0.29) is 23.9 Å². The Labute approximate surface area is 171 Å². The number of aliphatic hydroxyl groups excluding tert-OH is 3. The summed E-state index contributed by atoms with van der Waals surface area (Å²) in [5.41, 5.74) is 0.703. The van der Waals surface area contributed by atoms with E-state index in [4.69, 9.17) is 14.6 Å². The first-order valence-electron chi connectivity index (χ1n) is 8.99. The maximum absolute atomic E-state index is 11.1. The van der Waals surface area contributed by atoms with Crippen LogP contribution in [-0.4, -0.2) is 93.9 Å². The monoisotopic (exact) mass is 453 g/mol. The highest BCUT2D eigenvalue weighted by Crippen LogP contribution is 2.30. The summed E-state index contributed by atoms with van der Waals surface area (Å²) in [5.74, 6) is 0.475. The number of aliphatic hydroxyl groups is 3. The summed E-state index contributed by atoms with van der Waals surface area (Å²) in [7, 11) is -5.70. The van der Waals surface area contributed by atoms with Crippen molar-refractivity contribution in [1.29, 1.82) is 0 Å². The molecule has 164 valence electrons. The fourth-order valence-corrected chi connectivity index (χ4v) is 6.38. The van der Waals surface area contributed by atoms with E-state index in [1.165, 1.54) is 0 Å². The second-order valence-electron chi connectivity index (χ2n) is 7.06. The quantitative estimate of drug-likeness (QED) is 0.253. The van der Waals surface area contributed by atoms with E-state index in [1.807, 2.05) is 6.07 Å². The van der Waals surface area contributed by atoms with Gasteiger partial charge in [-0.2, -0.15) is 0 Å². The molecule has 2 aliphatic rings. The van der Waals surface area contributed by atoms with Crippen molar-refractivity contribution < 1.29 is 47.1 Å².